The summed E-state index contributed by atoms with van der Waals surface area (Å²) in [5.74, 6) is 0.425. The second-order valence-electron chi connectivity index (χ2n) is 26.1. The van der Waals surface area contributed by atoms with Crippen LogP contribution in [-0.2, 0) is 70.5 Å². The number of carbonyl (C=O) groups is 5. The van der Waals surface area contributed by atoms with Gasteiger partial charge in [0.2, 0.25) is 0 Å². The number of carboxylic acids is 1. The molecule has 14 rings (SSSR count). The van der Waals surface area contributed by atoms with E-state index in [0.717, 1.165) is 103 Å². The first-order chi connectivity index (χ1) is 57.3. The average molecular weight is 1770 g/mol. The number of rotatable bonds is 24. The van der Waals surface area contributed by atoms with E-state index >= 15 is 0 Å². The van der Waals surface area contributed by atoms with Crippen molar-refractivity contribution >= 4 is 96.4 Å². The number of benzene rings is 10. The van der Waals surface area contributed by atoms with E-state index in [-0.39, 0.29) is 111 Å². The van der Waals surface area contributed by atoms with E-state index < -0.39 is 11.9 Å². The van der Waals surface area contributed by atoms with Crippen LogP contribution >= 0.6 is 11.6 Å². The molecule has 0 aliphatic heterocycles. The molecular formula is C97H91Cl2CsN6O14. The molecule has 0 atom stereocenters. The summed E-state index contributed by atoms with van der Waals surface area (Å²) < 4.78 is 26.6. The fourth-order valence-electron chi connectivity index (χ4n) is 12.2. The van der Waals surface area contributed by atoms with Crippen molar-refractivity contribution in [1.29, 1.82) is 0 Å². The van der Waals surface area contributed by atoms with Crippen LogP contribution in [0.2, 0.25) is 0 Å². The predicted molar refractivity (Wildman–Crippen MR) is 463 cm³/mol. The zero-order valence-corrected chi connectivity index (χ0v) is 75.0. The van der Waals surface area contributed by atoms with Crippen molar-refractivity contribution in [2.24, 2.45) is 0 Å². The molecule has 120 heavy (non-hydrogen) atoms. The van der Waals surface area contributed by atoms with Gasteiger partial charge in [0.05, 0.1) is 36.8 Å². The van der Waals surface area contributed by atoms with Gasteiger partial charge >= 0.3 is 86.8 Å². The zero-order valence-electron chi connectivity index (χ0n) is 67.2. The number of aromatic hydroxyl groups is 1. The predicted octanol–water partition coefficient (Wildman–Crippen LogP) is 13.0. The zero-order chi connectivity index (χ0) is 84.6. The topological polar surface area (TPSA) is 295 Å². The quantitative estimate of drug-likeness (QED) is 0.00831. The molecule has 4 heterocycles. The number of pyridine rings is 4. The number of methoxy groups -OCH3 is 2. The molecule has 6 N–H and O–H groups in total. The minimum Gasteiger partial charge on any atom is -1.00 e. The maximum absolute atomic E-state index is 13.0. The molecular weight excluding hydrogens is 1680 g/mol. The number of anilines is 2. The Labute approximate surface area is 767 Å². The van der Waals surface area contributed by atoms with Gasteiger partial charge in [-0.2, -0.15) is 0 Å². The molecule has 0 aliphatic carbocycles. The number of aromatic nitrogens is 4. The third-order valence-electron chi connectivity index (χ3n) is 18.1. The number of carbonyl (C=O) groups excluding carboxylic acids is 4. The normalized spacial score (nSPS) is 9.95. The van der Waals surface area contributed by atoms with Crippen molar-refractivity contribution in [3.05, 3.63) is 396 Å². The smallest absolute Gasteiger partial charge is 1.00 e. The van der Waals surface area contributed by atoms with Crippen LogP contribution in [0.1, 0.15) is 97.1 Å². The Morgan fingerprint density at radius 2 is 0.817 bits per heavy atom. The SMILES string of the molecule is C=CCc1cc(N)cc(CC=C)c1C.C=CCc1cc(NC(=O)c2cccc(OCc3cncc4ccccc34)c2)cc(CC=C)c1C.COC(=O)c1cccc(O)c1.COC(=O)c1cccc(OCc2cncc3ccccc23)c1.ClCc1c[nH+]cc2ccccc12.O=C(O)c1cccc(OCc2cncc3ccccc23)c1.O=CO[O-].[Cl-].[Cs+]. The third kappa shape index (κ3) is 29.7. The molecule has 10 aromatic carbocycles. The number of fused-ring (bicyclic) bond motifs is 4. The molecule has 608 valence electrons. The van der Waals surface area contributed by atoms with Gasteiger partial charge in [-0.1, -0.05) is 140 Å². The second kappa shape index (κ2) is 51.8. The van der Waals surface area contributed by atoms with Crippen LogP contribution in [-0.4, -0.2) is 69.7 Å². The van der Waals surface area contributed by atoms with Gasteiger partial charge in [0.1, 0.15) is 42.8 Å². The van der Waals surface area contributed by atoms with E-state index in [9.17, 15) is 19.2 Å². The number of carboxylic acid groups (broad SMARTS) is 1. The fraction of sp³-hybridized carbons (Fsp3) is 0.124. The van der Waals surface area contributed by atoms with Crippen LogP contribution in [0.3, 0.4) is 0 Å². The molecule has 0 fully saturated rings. The number of phenolic OH excluding ortho intramolecular Hbond substituents is 1. The second-order valence-corrected chi connectivity index (χ2v) is 26.3. The molecule has 14 aromatic rings. The summed E-state index contributed by atoms with van der Waals surface area (Å²) in [5, 5.41) is 38.3. The number of esters is 2. The molecule has 0 saturated carbocycles. The van der Waals surface area contributed by atoms with E-state index in [1.807, 2.05) is 183 Å². The Morgan fingerprint density at radius 1 is 0.467 bits per heavy atom. The molecule has 1 amide bonds. The van der Waals surface area contributed by atoms with Crippen LogP contribution in [0.15, 0.2) is 319 Å². The number of halogens is 2. The molecule has 20 nitrogen and oxygen atoms in total. The van der Waals surface area contributed by atoms with Crippen molar-refractivity contribution in [2.75, 3.05) is 25.3 Å². The van der Waals surface area contributed by atoms with Crippen molar-refractivity contribution < 1.29 is 154 Å². The molecule has 0 bridgehead atoms. The first-order valence-corrected chi connectivity index (χ1v) is 37.6. The summed E-state index contributed by atoms with van der Waals surface area (Å²) in [6.45, 7) is 20.3. The number of nitrogens with zero attached hydrogens (tertiary/aromatic N) is 3. The number of amides is 1. The van der Waals surface area contributed by atoms with Gasteiger partial charge in [-0.15, -0.1) is 37.9 Å². The van der Waals surface area contributed by atoms with Gasteiger partial charge in [0.25, 0.3) is 12.4 Å². The van der Waals surface area contributed by atoms with Gasteiger partial charge in [-0.05, 0) is 198 Å². The molecule has 23 heteroatoms. The Kier molecular flexibility index (Phi) is 41.7. The monoisotopic (exact) mass is 1770 g/mol. The summed E-state index contributed by atoms with van der Waals surface area (Å²) >= 11 is 5.79. The number of phenols is 1. The number of H-pyrrole nitrogens is 1. The van der Waals surface area contributed by atoms with Gasteiger partial charge in [0.15, 0.2) is 12.4 Å². The van der Waals surface area contributed by atoms with Crippen molar-refractivity contribution in [3.63, 3.8) is 0 Å². The number of hydrogen-bond donors (Lipinski definition) is 4. The summed E-state index contributed by atoms with van der Waals surface area (Å²) in [4.78, 5) is 73.4. The van der Waals surface area contributed by atoms with E-state index in [4.69, 9.17) is 56.5 Å². The molecule has 0 spiro atoms. The van der Waals surface area contributed by atoms with Gasteiger partial charge < -0.3 is 67.5 Å². The maximum atomic E-state index is 13.0. The Balaban J connectivity index is 0.000000230. The Bertz CT molecular complexity index is 5710. The number of aromatic carboxylic acids is 1. The van der Waals surface area contributed by atoms with Crippen LogP contribution in [0.4, 0.5) is 11.4 Å². The summed E-state index contributed by atoms with van der Waals surface area (Å²) in [7, 11) is 2.66. The number of nitrogens with two attached hydrogens (primary N) is 1. The standard InChI is InChI=1S/C30H28N2O2.C18H15NO3.C17H13NO3.C13H17N.C10H8ClN.C8H8O3.CH2O3.ClH.Cs/c1-4-9-22-15-27(16-23(10-5-2)21(22)3)32-30(33)24-12-8-13-28(17-24)34-20-26-19-31-18-25-11-6-7-14-29(25)26;1-21-18(20)13-6-4-7-16(9-13)22-12-15-11-19-10-14-5-2-3-8-17(14)15;19-17(20)12-5-3-6-15(8-12)21-11-14-10-18-9-13-4-1-2-7-16(13)14;1-4-6-11-8-13(14)9-12(7-5-2)10(11)3;11-5-9-7-12-6-8-3-1-2-4-10(8)9;1-11-8(10)6-3-2-4-7(9)5-6;2-1-4-3;;/h4-8,11-19H,1-2,9-10,20H2,3H3,(H,32,33);2-11H,12H2,1H3;1-10H,11H2,(H,19,20);4-5,8-9H,1-2,6-7,14H2,3H3;1-4,6-7H,5H2;2-5,9H,1H3;1,3H;1H;/q;;;;;;;;+1/p-1. The Morgan fingerprint density at radius 3 is 1.20 bits per heavy atom. The van der Waals surface area contributed by atoms with Gasteiger partial charge in [-0.25, -0.2) is 19.4 Å². The number of allylic oxidation sites excluding steroid dienone is 4. The van der Waals surface area contributed by atoms with Gasteiger partial charge in [-0.3, -0.25) is 24.5 Å². The number of hydrogen-bond acceptors (Lipinski definition) is 17. The van der Waals surface area contributed by atoms with Crippen LogP contribution < -0.4 is 117 Å². The van der Waals surface area contributed by atoms with E-state index in [1.54, 1.807) is 67.0 Å². The number of alkyl halides is 1. The molecule has 0 unspecified atom stereocenters. The summed E-state index contributed by atoms with van der Waals surface area (Å²) in [6.07, 6.45) is 25.6. The minimum absolute atomic E-state index is 0. The summed E-state index contributed by atoms with van der Waals surface area (Å²) in [6, 6.07) is 66.9. The van der Waals surface area contributed by atoms with Crippen molar-refractivity contribution in [2.45, 2.75) is 65.2 Å². The first-order valence-electron chi connectivity index (χ1n) is 37.1. The average Bonchev–Trinajstić information content (AvgIpc) is 0.825. The summed E-state index contributed by atoms with van der Waals surface area (Å²) in [5.41, 5.74) is 20.4. The number of aromatic amines is 1. The molecule has 0 radical (unpaired) electrons. The Hall–Kier alpha value is -12.3. The van der Waals surface area contributed by atoms with Crippen LogP contribution in [0.5, 0.6) is 23.0 Å². The van der Waals surface area contributed by atoms with Gasteiger partial charge in [0, 0.05) is 97.9 Å². The molecule has 4 aromatic heterocycles. The minimum atomic E-state index is -0.965. The van der Waals surface area contributed by atoms with Crippen molar-refractivity contribution in [1.82, 2.24) is 15.0 Å². The number of ether oxygens (including phenoxy) is 5. The van der Waals surface area contributed by atoms with E-state index in [0.29, 0.717) is 59.6 Å². The third-order valence-corrected chi connectivity index (χ3v) is 18.4. The molecule has 0 aliphatic rings. The van der Waals surface area contributed by atoms with Crippen LogP contribution in [0.25, 0.3) is 43.1 Å². The first kappa shape index (κ1) is 96.6. The maximum Gasteiger partial charge on any atom is 1.00 e. The number of nitrogens with one attached hydrogen (secondary N) is 2. The fourth-order valence-corrected chi connectivity index (χ4v) is 12.4. The van der Waals surface area contributed by atoms with E-state index in [1.165, 1.54) is 71.5 Å². The molecule has 0 saturated heterocycles. The number of nitrogen functional groups attached to an aromatic ring is 1. The van der Waals surface area contributed by atoms with Crippen molar-refractivity contribution in [3.8, 4) is 23.0 Å². The van der Waals surface area contributed by atoms with Crippen LogP contribution in [0, 0.1) is 13.8 Å². The largest absolute Gasteiger partial charge is 1.00 e. The van der Waals surface area contributed by atoms with E-state index in [2.05, 4.69) is 93.2 Å².